The van der Waals surface area contributed by atoms with E-state index in [0.29, 0.717) is 18.7 Å². The molecular weight excluding hydrogens is 365 g/mol. The fourth-order valence-electron chi connectivity index (χ4n) is 2.93. The number of benzene rings is 1. The van der Waals surface area contributed by atoms with Crippen LogP contribution in [0.15, 0.2) is 30.3 Å². The summed E-state index contributed by atoms with van der Waals surface area (Å²) in [5.74, 6) is -1.38. The number of hydrogen-bond donors (Lipinski definition) is 2. The van der Waals surface area contributed by atoms with E-state index < -0.39 is 29.7 Å². The molecule has 1 aromatic carbocycles. The number of nitrogens with zero attached hydrogens (tertiary/aromatic N) is 3. The molecule has 1 aliphatic rings. The molecule has 1 saturated heterocycles. The van der Waals surface area contributed by atoms with Crippen LogP contribution in [-0.2, 0) is 11.0 Å². The second kappa shape index (κ2) is 6.93. The normalized spacial score (nSPS) is 17.2. The van der Waals surface area contributed by atoms with Crippen LogP contribution in [0.3, 0.4) is 0 Å². The van der Waals surface area contributed by atoms with Crippen LogP contribution in [0, 0.1) is 12.8 Å². The number of urea groups is 1. The molecule has 0 radical (unpaired) electrons. The molecule has 27 heavy (non-hydrogen) atoms. The number of carbonyl (C=O) groups is 2. The van der Waals surface area contributed by atoms with Gasteiger partial charge in [0.25, 0.3) is 0 Å². The molecule has 144 valence electrons. The number of anilines is 1. The van der Waals surface area contributed by atoms with Crippen molar-refractivity contribution in [3.8, 4) is 5.69 Å². The van der Waals surface area contributed by atoms with Gasteiger partial charge in [-0.3, -0.25) is 10.1 Å². The highest BCUT2D eigenvalue weighted by Crippen LogP contribution is 2.31. The highest BCUT2D eigenvalue weighted by molar-refractivity contribution is 5.89. The van der Waals surface area contributed by atoms with Crippen molar-refractivity contribution < 1.29 is 27.9 Å². The fourth-order valence-corrected chi connectivity index (χ4v) is 2.93. The number of alkyl halides is 3. The summed E-state index contributed by atoms with van der Waals surface area (Å²) in [5, 5.41) is 15.8. The molecule has 3 rings (SSSR count). The highest BCUT2D eigenvalue weighted by Gasteiger charge is 2.32. The Kier molecular flexibility index (Phi) is 4.81. The van der Waals surface area contributed by atoms with Crippen molar-refractivity contribution in [1.82, 2.24) is 14.7 Å². The Balaban J connectivity index is 1.83. The van der Waals surface area contributed by atoms with Gasteiger partial charge in [-0.2, -0.15) is 18.3 Å². The number of likely N-dealkylation sites (tertiary alicyclic amines) is 1. The standard InChI is InChI=1S/C17H17F3N4O3/c1-10-7-14(21-16(27)23-6-5-11(9-23)15(25)26)24(22-10)13-4-2-3-12(8-13)17(18,19)20/h2-4,7-8,11H,5-6,9H2,1H3,(H,21,27)(H,25,26). The molecule has 0 spiro atoms. The lowest BCUT2D eigenvalue weighted by Crippen LogP contribution is -2.34. The molecule has 1 fully saturated rings. The molecule has 7 nitrogen and oxygen atoms in total. The number of rotatable bonds is 3. The maximum Gasteiger partial charge on any atom is 0.416 e. The van der Waals surface area contributed by atoms with Crippen LogP contribution >= 0.6 is 0 Å². The minimum atomic E-state index is -4.50. The molecule has 1 aromatic heterocycles. The number of carboxylic acid groups (broad SMARTS) is 1. The van der Waals surface area contributed by atoms with Crippen LogP contribution in [0.25, 0.3) is 5.69 Å². The first kappa shape index (κ1) is 18.7. The van der Waals surface area contributed by atoms with E-state index in [0.717, 1.165) is 12.1 Å². The quantitative estimate of drug-likeness (QED) is 0.854. The first-order valence-corrected chi connectivity index (χ1v) is 8.18. The molecule has 0 aliphatic carbocycles. The van der Waals surface area contributed by atoms with Crippen LogP contribution in [0.5, 0.6) is 0 Å². The van der Waals surface area contributed by atoms with Crippen molar-refractivity contribution in [3.05, 3.63) is 41.6 Å². The van der Waals surface area contributed by atoms with Crippen LogP contribution in [0.4, 0.5) is 23.8 Å². The number of aromatic nitrogens is 2. The molecule has 10 heteroatoms. The molecule has 2 amide bonds. The van der Waals surface area contributed by atoms with Crippen molar-refractivity contribution >= 4 is 17.8 Å². The Morgan fingerprint density at radius 3 is 2.67 bits per heavy atom. The molecule has 1 atom stereocenters. The maximum atomic E-state index is 13.0. The highest BCUT2D eigenvalue weighted by atomic mass is 19.4. The predicted octanol–water partition coefficient (Wildman–Crippen LogP) is 3.14. The van der Waals surface area contributed by atoms with Gasteiger partial charge in [-0.25, -0.2) is 9.48 Å². The number of carboxylic acids is 1. The van der Waals surface area contributed by atoms with Crippen LogP contribution < -0.4 is 5.32 Å². The minimum absolute atomic E-state index is 0.0812. The van der Waals surface area contributed by atoms with Gasteiger partial charge in [0.05, 0.1) is 22.9 Å². The van der Waals surface area contributed by atoms with Gasteiger partial charge in [0.2, 0.25) is 0 Å². The van der Waals surface area contributed by atoms with E-state index in [9.17, 15) is 22.8 Å². The molecular formula is C17H17F3N4O3. The smallest absolute Gasteiger partial charge is 0.416 e. The number of amides is 2. The SMILES string of the molecule is Cc1cc(NC(=O)N2CCC(C(=O)O)C2)n(-c2cccc(C(F)(F)F)c2)n1. The van der Waals surface area contributed by atoms with E-state index in [1.807, 2.05) is 0 Å². The third-order valence-electron chi connectivity index (χ3n) is 4.31. The zero-order chi connectivity index (χ0) is 19.8. The zero-order valence-electron chi connectivity index (χ0n) is 14.3. The second-order valence-corrected chi connectivity index (χ2v) is 6.33. The summed E-state index contributed by atoms with van der Waals surface area (Å²) in [6.07, 6.45) is -4.14. The number of nitrogens with one attached hydrogen (secondary N) is 1. The third-order valence-corrected chi connectivity index (χ3v) is 4.31. The number of halogens is 3. The number of aryl methyl sites for hydroxylation is 1. The van der Waals surface area contributed by atoms with Crippen LogP contribution in [0.2, 0.25) is 0 Å². The van der Waals surface area contributed by atoms with Gasteiger partial charge >= 0.3 is 18.2 Å². The van der Waals surface area contributed by atoms with Gasteiger partial charge < -0.3 is 10.0 Å². The summed E-state index contributed by atoms with van der Waals surface area (Å²) >= 11 is 0. The summed E-state index contributed by atoms with van der Waals surface area (Å²) in [4.78, 5) is 24.8. The Morgan fingerprint density at radius 1 is 1.30 bits per heavy atom. The first-order valence-electron chi connectivity index (χ1n) is 8.18. The summed E-state index contributed by atoms with van der Waals surface area (Å²) in [7, 11) is 0. The fraction of sp³-hybridized carbons (Fsp3) is 0.353. The summed E-state index contributed by atoms with van der Waals surface area (Å²) in [6, 6.07) is 5.62. The van der Waals surface area contributed by atoms with Gasteiger partial charge in [-0.05, 0) is 31.5 Å². The van der Waals surface area contributed by atoms with Crippen LogP contribution in [-0.4, -0.2) is 44.9 Å². The topological polar surface area (TPSA) is 87.5 Å². The van der Waals surface area contributed by atoms with Crippen molar-refractivity contribution in [2.75, 3.05) is 18.4 Å². The molecule has 2 heterocycles. The van der Waals surface area contributed by atoms with Crippen molar-refractivity contribution in [2.45, 2.75) is 19.5 Å². The summed E-state index contributed by atoms with van der Waals surface area (Å²) in [5.41, 5.74) is -0.167. The lowest BCUT2D eigenvalue weighted by atomic mass is 10.1. The maximum absolute atomic E-state index is 13.0. The minimum Gasteiger partial charge on any atom is -0.481 e. The Hall–Kier alpha value is -3.04. The molecule has 2 aromatic rings. The van der Waals surface area contributed by atoms with E-state index in [2.05, 4.69) is 10.4 Å². The van der Waals surface area contributed by atoms with Crippen molar-refractivity contribution in [1.29, 1.82) is 0 Å². The molecule has 0 bridgehead atoms. The van der Waals surface area contributed by atoms with E-state index >= 15 is 0 Å². The molecule has 0 saturated carbocycles. The Bertz CT molecular complexity index is 879. The van der Waals surface area contributed by atoms with Crippen molar-refractivity contribution in [2.24, 2.45) is 5.92 Å². The zero-order valence-corrected chi connectivity index (χ0v) is 14.3. The largest absolute Gasteiger partial charge is 0.481 e. The summed E-state index contributed by atoms with van der Waals surface area (Å²) < 4.78 is 40.1. The number of hydrogen-bond acceptors (Lipinski definition) is 3. The average molecular weight is 382 g/mol. The van der Waals surface area contributed by atoms with Gasteiger partial charge in [-0.1, -0.05) is 6.07 Å². The predicted molar refractivity (Wildman–Crippen MR) is 89.6 cm³/mol. The monoisotopic (exact) mass is 382 g/mol. The lowest BCUT2D eigenvalue weighted by molar-refractivity contribution is -0.141. The first-order chi connectivity index (χ1) is 12.6. The van der Waals surface area contributed by atoms with Gasteiger partial charge in [0.15, 0.2) is 0 Å². The Labute approximate surface area is 152 Å². The third kappa shape index (κ3) is 4.04. The van der Waals surface area contributed by atoms with E-state index in [1.54, 1.807) is 6.92 Å². The molecule has 1 aliphatic heterocycles. The van der Waals surface area contributed by atoms with E-state index in [1.165, 1.54) is 27.8 Å². The molecule has 2 N–H and O–H groups in total. The van der Waals surface area contributed by atoms with Gasteiger partial charge in [0, 0.05) is 19.2 Å². The summed E-state index contributed by atoms with van der Waals surface area (Å²) in [6.45, 7) is 2.02. The van der Waals surface area contributed by atoms with E-state index in [-0.39, 0.29) is 18.1 Å². The van der Waals surface area contributed by atoms with Gasteiger partial charge in [-0.15, -0.1) is 0 Å². The van der Waals surface area contributed by atoms with Gasteiger partial charge in [0.1, 0.15) is 5.82 Å². The number of carbonyl (C=O) groups excluding carboxylic acids is 1. The van der Waals surface area contributed by atoms with Crippen molar-refractivity contribution in [3.63, 3.8) is 0 Å². The molecule has 1 unspecified atom stereocenters. The average Bonchev–Trinajstić information content (AvgIpc) is 3.21. The Morgan fingerprint density at radius 2 is 2.04 bits per heavy atom. The number of aliphatic carboxylic acids is 1. The van der Waals surface area contributed by atoms with Crippen LogP contribution in [0.1, 0.15) is 17.7 Å². The second-order valence-electron chi connectivity index (χ2n) is 6.33. The van der Waals surface area contributed by atoms with E-state index in [4.69, 9.17) is 5.11 Å². The lowest BCUT2D eigenvalue weighted by Gasteiger charge is -2.17.